The minimum absolute atomic E-state index is 0.727. The van der Waals surface area contributed by atoms with Crippen molar-refractivity contribution in [2.45, 2.75) is 19.3 Å². The van der Waals surface area contributed by atoms with E-state index in [0.29, 0.717) is 0 Å². The Labute approximate surface area is 165 Å². The molecule has 1 aliphatic heterocycles. The SMILES string of the molecule is COc1ccc(-c2cc(-c3ccc(OCCN4CCCCC4)cc3)no2)cc1. The molecule has 0 spiro atoms. The Morgan fingerprint density at radius 3 is 2.29 bits per heavy atom. The first-order valence-corrected chi connectivity index (χ1v) is 9.88. The lowest BCUT2D eigenvalue weighted by Gasteiger charge is -2.26. The first-order valence-electron chi connectivity index (χ1n) is 9.88. The standard InChI is InChI=1S/C23H26N2O3/c1-26-20-9-7-19(8-10-20)23-17-22(24-28-23)18-5-11-21(12-6-18)27-16-15-25-13-3-2-4-14-25/h5-12,17H,2-4,13-16H2,1H3. The lowest BCUT2D eigenvalue weighted by molar-refractivity contribution is 0.183. The molecule has 0 unspecified atom stereocenters. The van der Waals surface area contributed by atoms with Crippen molar-refractivity contribution in [3.8, 4) is 34.1 Å². The minimum Gasteiger partial charge on any atom is -0.497 e. The molecule has 0 N–H and O–H groups in total. The van der Waals surface area contributed by atoms with Crippen LogP contribution >= 0.6 is 0 Å². The molecular formula is C23H26N2O3. The topological polar surface area (TPSA) is 47.7 Å². The Morgan fingerprint density at radius 2 is 1.57 bits per heavy atom. The predicted molar refractivity (Wildman–Crippen MR) is 110 cm³/mol. The maximum atomic E-state index is 5.90. The average Bonchev–Trinajstić information content (AvgIpc) is 3.25. The molecule has 0 bridgehead atoms. The molecule has 1 aromatic heterocycles. The van der Waals surface area contributed by atoms with Crippen LogP contribution < -0.4 is 9.47 Å². The predicted octanol–water partition coefficient (Wildman–Crippen LogP) is 4.88. The van der Waals surface area contributed by atoms with Crippen molar-refractivity contribution in [3.05, 3.63) is 54.6 Å². The van der Waals surface area contributed by atoms with E-state index in [9.17, 15) is 0 Å². The Morgan fingerprint density at radius 1 is 0.893 bits per heavy atom. The summed E-state index contributed by atoms with van der Waals surface area (Å²) in [6.07, 6.45) is 3.98. The molecule has 0 atom stereocenters. The molecule has 0 aliphatic carbocycles. The van der Waals surface area contributed by atoms with E-state index in [1.807, 2.05) is 54.6 Å². The molecule has 2 aromatic carbocycles. The van der Waals surface area contributed by atoms with Crippen LogP contribution in [-0.4, -0.2) is 43.4 Å². The molecule has 1 aliphatic rings. The highest BCUT2D eigenvalue weighted by atomic mass is 16.5. The van der Waals surface area contributed by atoms with Gasteiger partial charge in [0.15, 0.2) is 5.76 Å². The van der Waals surface area contributed by atoms with Gasteiger partial charge in [0.05, 0.1) is 7.11 Å². The van der Waals surface area contributed by atoms with Crippen LogP contribution in [0.25, 0.3) is 22.6 Å². The van der Waals surface area contributed by atoms with Crippen LogP contribution in [0.2, 0.25) is 0 Å². The monoisotopic (exact) mass is 378 g/mol. The number of hydrogen-bond acceptors (Lipinski definition) is 5. The van der Waals surface area contributed by atoms with Crippen molar-refractivity contribution >= 4 is 0 Å². The Bertz CT molecular complexity index is 866. The smallest absolute Gasteiger partial charge is 0.167 e. The van der Waals surface area contributed by atoms with Crippen molar-refractivity contribution in [2.24, 2.45) is 0 Å². The molecule has 146 valence electrons. The van der Waals surface area contributed by atoms with Gasteiger partial charge in [0.1, 0.15) is 23.8 Å². The zero-order valence-corrected chi connectivity index (χ0v) is 16.3. The molecule has 3 aromatic rings. The third-order valence-corrected chi connectivity index (χ3v) is 5.16. The molecular weight excluding hydrogens is 352 g/mol. The van der Waals surface area contributed by atoms with Gasteiger partial charge in [0.2, 0.25) is 0 Å². The number of ether oxygens (including phenoxy) is 2. The summed E-state index contributed by atoms with van der Waals surface area (Å²) >= 11 is 0. The first-order chi connectivity index (χ1) is 13.8. The van der Waals surface area contributed by atoms with Crippen LogP contribution in [0.15, 0.2) is 59.1 Å². The summed E-state index contributed by atoms with van der Waals surface area (Å²) in [4.78, 5) is 2.48. The van der Waals surface area contributed by atoms with Gasteiger partial charge in [-0.1, -0.05) is 11.6 Å². The number of benzene rings is 2. The zero-order valence-electron chi connectivity index (χ0n) is 16.3. The number of rotatable bonds is 7. The van der Waals surface area contributed by atoms with Gasteiger partial charge in [0.25, 0.3) is 0 Å². The van der Waals surface area contributed by atoms with Crippen LogP contribution in [0.1, 0.15) is 19.3 Å². The van der Waals surface area contributed by atoms with Crippen molar-refractivity contribution < 1.29 is 14.0 Å². The van der Waals surface area contributed by atoms with Crippen molar-refractivity contribution in [3.63, 3.8) is 0 Å². The molecule has 5 nitrogen and oxygen atoms in total. The number of nitrogens with zero attached hydrogens (tertiary/aromatic N) is 2. The van der Waals surface area contributed by atoms with Gasteiger partial charge in [-0.3, -0.25) is 4.90 Å². The number of piperidine rings is 1. The molecule has 4 rings (SSSR count). The van der Waals surface area contributed by atoms with Gasteiger partial charge in [-0.15, -0.1) is 0 Å². The molecule has 1 saturated heterocycles. The molecule has 1 fully saturated rings. The summed E-state index contributed by atoms with van der Waals surface area (Å²) < 4.78 is 16.6. The fourth-order valence-electron chi connectivity index (χ4n) is 3.50. The van der Waals surface area contributed by atoms with E-state index in [4.69, 9.17) is 14.0 Å². The lowest BCUT2D eigenvalue weighted by atomic mass is 10.1. The van der Waals surface area contributed by atoms with E-state index in [1.54, 1.807) is 7.11 Å². The highest BCUT2D eigenvalue weighted by Gasteiger charge is 2.11. The number of hydrogen-bond donors (Lipinski definition) is 0. The van der Waals surface area contributed by atoms with Crippen molar-refractivity contribution in [2.75, 3.05) is 33.4 Å². The van der Waals surface area contributed by atoms with Crippen molar-refractivity contribution in [1.82, 2.24) is 10.1 Å². The van der Waals surface area contributed by atoms with E-state index in [2.05, 4.69) is 10.1 Å². The molecule has 0 radical (unpaired) electrons. The second kappa shape index (κ2) is 8.93. The minimum atomic E-state index is 0.727. The Kier molecular flexibility index (Phi) is 5.92. The highest BCUT2D eigenvalue weighted by Crippen LogP contribution is 2.28. The fourth-order valence-corrected chi connectivity index (χ4v) is 3.50. The van der Waals surface area contributed by atoms with Crippen LogP contribution in [0, 0.1) is 0 Å². The van der Waals surface area contributed by atoms with Gasteiger partial charge in [-0.05, 0) is 74.5 Å². The van der Waals surface area contributed by atoms with Crippen LogP contribution in [-0.2, 0) is 0 Å². The summed E-state index contributed by atoms with van der Waals surface area (Å²) in [7, 11) is 1.66. The normalized spacial score (nSPS) is 14.8. The highest BCUT2D eigenvalue weighted by molar-refractivity contribution is 5.67. The summed E-state index contributed by atoms with van der Waals surface area (Å²) in [5.74, 6) is 2.44. The van der Waals surface area contributed by atoms with E-state index >= 15 is 0 Å². The van der Waals surface area contributed by atoms with Gasteiger partial charge in [-0.2, -0.15) is 0 Å². The number of aromatic nitrogens is 1. The summed E-state index contributed by atoms with van der Waals surface area (Å²) in [6.45, 7) is 4.12. The second-order valence-electron chi connectivity index (χ2n) is 7.08. The average molecular weight is 378 g/mol. The summed E-state index contributed by atoms with van der Waals surface area (Å²) in [5.41, 5.74) is 2.79. The summed E-state index contributed by atoms with van der Waals surface area (Å²) in [6, 6.07) is 17.7. The fraction of sp³-hybridized carbons (Fsp3) is 0.348. The van der Waals surface area contributed by atoms with E-state index in [1.165, 1.54) is 32.4 Å². The molecule has 0 saturated carbocycles. The third kappa shape index (κ3) is 4.54. The van der Waals surface area contributed by atoms with Crippen molar-refractivity contribution in [1.29, 1.82) is 0 Å². The Hall–Kier alpha value is -2.79. The second-order valence-corrected chi connectivity index (χ2v) is 7.08. The van der Waals surface area contributed by atoms with Crippen LogP contribution in [0.5, 0.6) is 11.5 Å². The molecule has 0 amide bonds. The van der Waals surface area contributed by atoms with E-state index in [-0.39, 0.29) is 0 Å². The summed E-state index contributed by atoms with van der Waals surface area (Å²) in [5, 5.41) is 4.20. The molecule has 2 heterocycles. The lowest BCUT2D eigenvalue weighted by Crippen LogP contribution is -2.33. The molecule has 5 heteroatoms. The maximum absolute atomic E-state index is 5.90. The third-order valence-electron chi connectivity index (χ3n) is 5.16. The number of methoxy groups -OCH3 is 1. The van der Waals surface area contributed by atoms with Gasteiger partial charge in [-0.25, -0.2) is 0 Å². The maximum Gasteiger partial charge on any atom is 0.167 e. The number of likely N-dealkylation sites (tertiary alicyclic amines) is 1. The van der Waals surface area contributed by atoms with E-state index < -0.39 is 0 Å². The van der Waals surface area contributed by atoms with Gasteiger partial charge >= 0.3 is 0 Å². The first kappa shape index (κ1) is 18.6. The zero-order chi connectivity index (χ0) is 19.2. The van der Waals surface area contributed by atoms with Gasteiger partial charge < -0.3 is 14.0 Å². The van der Waals surface area contributed by atoms with Gasteiger partial charge in [0, 0.05) is 23.7 Å². The van der Waals surface area contributed by atoms with Crippen LogP contribution in [0.3, 0.4) is 0 Å². The van der Waals surface area contributed by atoms with Crippen LogP contribution in [0.4, 0.5) is 0 Å². The Balaban J connectivity index is 1.35. The van der Waals surface area contributed by atoms with E-state index in [0.717, 1.165) is 47.2 Å². The molecule has 28 heavy (non-hydrogen) atoms. The quantitative estimate of drug-likeness (QED) is 0.586. The largest absolute Gasteiger partial charge is 0.497 e.